The summed E-state index contributed by atoms with van der Waals surface area (Å²) in [5.41, 5.74) is -0.0707. The number of hydrogen-bond acceptors (Lipinski definition) is 3. The van der Waals surface area contributed by atoms with Gasteiger partial charge in [0.15, 0.2) is 5.60 Å². The first-order chi connectivity index (χ1) is 7.08. The zero-order valence-electron chi connectivity index (χ0n) is 8.65. The predicted molar refractivity (Wildman–Crippen MR) is 56.8 cm³/mol. The van der Waals surface area contributed by atoms with Crippen LogP contribution in [0.15, 0.2) is 35.3 Å². The van der Waals surface area contributed by atoms with Crippen molar-refractivity contribution in [2.24, 2.45) is 4.99 Å². The van der Waals surface area contributed by atoms with E-state index >= 15 is 0 Å². The maximum absolute atomic E-state index is 11.4. The predicted octanol–water partition coefficient (Wildman–Crippen LogP) is 1.60. The molecule has 1 saturated heterocycles. The summed E-state index contributed by atoms with van der Waals surface area (Å²) < 4.78 is 5.35. The lowest BCUT2D eigenvalue weighted by molar-refractivity contribution is -0.128. The Morgan fingerprint density at radius 3 is 2.47 bits per heavy atom. The summed E-state index contributed by atoms with van der Waals surface area (Å²) in [5.74, 6) is -0.169. The Morgan fingerprint density at radius 2 is 1.93 bits per heavy atom. The van der Waals surface area contributed by atoms with Crippen molar-refractivity contribution < 1.29 is 9.53 Å². The first kappa shape index (κ1) is 9.71. The Morgan fingerprint density at radius 1 is 1.27 bits per heavy atom. The molecular weight excluding hydrogens is 192 g/mol. The third-order valence-electron chi connectivity index (χ3n) is 2.11. The molecule has 78 valence electrons. The van der Waals surface area contributed by atoms with Gasteiger partial charge in [-0.2, -0.15) is 4.99 Å². The molecule has 1 aromatic rings. The van der Waals surface area contributed by atoms with Gasteiger partial charge in [-0.1, -0.05) is 18.2 Å². The Labute approximate surface area is 88.0 Å². The fourth-order valence-corrected chi connectivity index (χ4v) is 1.23. The molecule has 2 rings (SSSR count). The summed E-state index contributed by atoms with van der Waals surface area (Å²) in [5, 5.41) is 2.58. The van der Waals surface area contributed by atoms with E-state index in [2.05, 4.69) is 10.3 Å². The monoisotopic (exact) mass is 204 g/mol. The molecular formula is C11H12N2O2. The molecule has 0 atom stereocenters. The molecule has 4 heteroatoms. The number of nitrogens with zero attached hydrogens (tertiary/aromatic N) is 1. The van der Waals surface area contributed by atoms with E-state index in [1.165, 1.54) is 0 Å². The maximum atomic E-state index is 11.4. The highest BCUT2D eigenvalue weighted by Gasteiger charge is 2.38. The lowest BCUT2D eigenvalue weighted by Crippen LogP contribution is -2.32. The van der Waals surface area contributed by atoms with E-state index in [-0.39, 0.29) is 11.9 Å². The van der Waals surface area contributed by atoms with Crippen LogP contribution in [0.2, 0.25) is 0 Å². The number of rotatable bonds is 1. The summed E-state index contributed by atoms with van der Waals surface area (Å²) in [4.78, 5) is 15.5. The summed E-state index contributed by atoms with van der Waals surface area (Å²) in [6.45, 7) is 3.41. The van der Waals surface area contributed by atoms with Gasteiger partial charge in [0, 0.05) is 0 Å². The van der Waals surface area contributed by atoms with Gasteiger partial charge < -0.3 is 4.74 Å². The largest absolute Gasteiger partial charge is 0.449 e. The van der Waals surface area contributed by atoms with Gasteiger partial charge in [-0.15, -0.1) is 0 Å². The van der Waals surface area contributed by atoms with Crippen molar-refractivity contribution in [1.29, 1.82) is 0 Å². The normalized spacial score (nSPS) is 21.2. The molecule has 4 nitrogen and oxygen atoms in total. The van der Waals surface area contributed by atoms with Gasteiger partial charge in [0.2, 0.25) is 0 Å². The van der Waals surface area contributed by atoms with Crippen LogP contribution in [0.25, 0.3) is 0 Å². The van der Waals surface area contributed by atoms with Crippen LogP contribution >= 0.6 is 0 Å². The second-order valence-corrected chi connectivity index (χ2v) is 3.82. The highest BCUT2D eigenvalue weighted by Crippen LogP contribution is 2.18. The molecule has 0 radical (unpaired) electrons. The summed E-state index contributed by atoms with van der Waals surface area (Å²) in [7, 11) is 0. The van der Waals surface area contributed by atoms with Gasteiger partial charge in [-0.25, -0.2) is 0 Å². The minimum Gasteiger partial charge on any atom is -0.449 e. The SMILES string of the molecule is CC1(C)OC(=Nc2ccccc2)NC1=O. The zero-order chi connectivity index (χ0) is 10.9. The molecule has 1 fully saturated rings. The molecule has 0 spiro atoms. The topological polar surface area (TPSA) is 50.7 Å². The third-order valence-corrected chi connectivity index (χ3v) is 2.11. The van der Waals surface area contributed by atoms with Crippen LogP contribution in [-0.2, 0) is 9.53 Å². The quantitative estimate of drug-likeness (QED) is 0.755. The Bertz CT molecular complexity index is 410. The number of amides is 1. The zero-order valence-corrected chi connectivity index (χ0v) is 8.65. The van der Waals surface area contributed by atoms with Gasteiger partial charge in [0.25, 0.3) is 11.9 Å². The first-order valence-corrected chi connectivity index (χ1v) is 4.72. The fraction of sp³-hybridized carbons (Fsp3) is 0.273. The number of aliphatic imine (C=N–C) groups is 1. The van der Waals surface area contributed by atoms with Crippen molar-refractivity contribution in [1.82, 2.24) is 5.32 Å². The summed E-state index contributed by atoms with van der Waals surface area (Å²) in [6, 6.07) is 9.60. The molecule has 0 bridgehead atoms. The smallest absolute Gasteiger partial charge is 0.297 e. The van der Waals surface area contributed by atoms with Gasteiger partial charge in [0.1, 0.15) is 0 Å². The van der Waals surface area contributed by atoms with E-state index in [1.807, 2.05) is 30.3 Å². The Hall–Kier alpha value is -1.84. The Balaban J connectivity index is 2.22. The lowest BCUT2D eigenvalue weighted by Gasteiger charge is -2.11. The minimum absolute atomic E-state index is 0.169. The summed E-state index contributed by atoms with van der Waals surface area (Å²) >= 11 is 0. The number of hydrogen-bond donors (Lipinski definition) is 1. The molecule has 15 heavy (non-hydrogen) atoms. The fourth-order valence-electron chi connectivity index (χ4n) is 1.23. The molecule has 0 unspecified atom stereocenters. The van der Waals surface area contributed by atoms with Gasteiger partial charge in [-0.05, 0) is 26.0 Å². The van der Waals surface area contributed by atoms with Crippen molar-refractivity contribution in [3.8, 4) is 0 Å². The lowest BCUT2D eigenvalue weighted by atomic mass is 10.1. The second kappa shape index (κ2) is 3.38. The molecule has 0 aromatic heterocycles. The van der Waals surface area contributed by atoms with Crippen LogP contribution in [0, 0.1) is 0 Å². The van der Waals surface area contributed by atoms with E-state index in [0.29, 0.717) is 0 Å². The van der Waals surface area contributed by atoms with Crippen LogP contribution in [0.5, 0.6) is 0 Å². The van der Waals surface area contributed by atoms with Crippen molar-refractivity contribution >= 4 is 17.6 Å². The van der Waals surface area contributed by atoms with Crippen LogP contribution in [0.3, 0.4) is 0 Å². The number of ether oxygens (including phenoxy) is 1. The molecule has 1 N–H and O–H groups in total. The van der Waals surface area contributed by atoms with Crippen molar-refractivity contribution in [3.63, 3.8) is 0 Å². The van der Waals surface area contributed by atoms with Gasteiger partial charge in [0.05, 0.1) is 5.69 Å². The van der Waals surface area contributed by atoms with E-state index in [4.69, 9.17) is 4.74 Å². The highest BCUT2D eigenvalue weighted by atomic mass is 16.5. The number of carbonyl (C=O) groups excluding carboxylic acids is 1. The standard InChI is InChI=1S/C11H12N2O2/c1-11(2)9(14)13-10(15-11)12-8-6-4-3-5-7-8/h3-7H,1-2H3,(H,12,13,14). The first-order valence-electron chi connectivity index (χ1n) is 4.72. The van der Waals surface area contributed by atoms with Crippen LogP contribution in [0.4, 0.5) is 5.69 Å². The van der Waals surface area contributed by atoms with Crippen molar-refractivity contribution in [3.05, 3.63) is 30.3 Å². The maximum Gasteiger partial charge on any atom is 0.297 e. The molecule has 1 heterocycles. The number of amidine groups is 1. The van der Waals surface area contributed by atoms with E-state index in [0.717, 1.165) is 5.69 Å². The van der Waals surface area contributed by atoms with Crippen LogP contribution in [-0.4, -0.2) is 17.5 Å². The average molecular weight is 204 g/mol. The average Bonchev–Trinajstić information content (AvgIpc) is 2.42. The number of benzene rings is 1. The van der Waals surface area contributed by atoms with Crippen LogP contribution < -0.4 is 5.32 Å². The number of para-hydroxylation sites is 1. The van der Waals surface area contributed by atoms with E-state index in [1.54, 1.807) is 13.8 Å². The van der Waals surface area contributed by atoms with Crippen molar-refractivity contribution in [2.45, 2.75) is 19.4 Å². The molecule has 1 aliphatic heterocycles. The minimum atomic E-state index is -0.826. The highest BCUT2D eigenvalue weighted by molar-refractivity contribution is 6.04. The van der Waals surface area contributed by atoms with E-state index in [9.17, 15) is 4.79 Å². The van der Waals surface area contributed by atoms with Gasteiger partial charge >= 0.3 is 0 Å². The second-order valence-electron chi connectivity index (χ2n) is 3.82. The number of nitrogens with one attached hydrogen (secondary N) is 1. The summed E-state index contributed by atoms with van der Waals surface area (Å²) in [6.07, 6.45) is 0. The molecule has 1 aromatic carbocycles. The molecule has 1 amide bonds. The van der Waals surface area contributed by atoms with E-state index < -0.39 is 5.60 Å². The molecule has 1 aliphatic rings. The molecule has 0 saturated carbocycles. The Kier molecular flexibility index (Phi) is 2.19. The number of carbonyl (C=O) groups is 1. The van der Waals surface area contributed by atoms with Crippen molar-refractivity contribution in [2.75, 3.05) is 0 Å². The van der Waals surface area contributed by atoms with Gasteiger partial charge in [-0.3, -0.25) is 10.1 Å². The third kappa shape index (κ3) is 1.98. The van der Waals surface area contributed by atoms with Crippen LogP contribution in [0.1, 0.15) is 13.8 Å². The molecule has 0 aliphatic carbocycles.